The smallest absolute Gasteiger partial charge is 0.238 e. The number of nitrogens with two attached hydrogens (primary N) is 1. The van der Waals surface area contributed by atoms with Crippen LogP contribution >= 0.6 is 0 Å². The number of sulfone groups is 1. The summed E-state index contributed by atoms with van der Waals surface area (Å²) in [6.07, 6.45) is -1.53. The summed E-state index contributed by atoms with van der Waals surface area (Å²) < 4.78 is 24.7. The molecule has 2 unspecified atom stereocenters. The number of rotatable bonds is 9. The number of amides is 1. The molecule has 2 atom stereocenters. The summed E-state index contributed by atoms with van der Waals surface area (Å²) in [6.45, 7) is 2.95. The molecule has 0 fully saturated rings. The third-order valence-corrected chi connectivity index (χ3v) is 6.08. The molecule has 156 valence electrons. The molecule has 0 saturated carbocycles. The van der Waals surface area contributed by atoms with E-state index < -0.39 is 45.0 Å². The van der Waals surface area contributed by atoms with Gasteiger partial charge in [0.1, 0.15) is 6.10 Å². The maximum Gasteiger partial charge on any atom is 0.238 e. The van der Waals surface area contributed by atoms with E-state index in [0.717, 1.165) is 0 Å². The quantitative estimate of drug-likeness (QED) is 0.523. The van der Waals surface area contributed by atoms with E-state index in [9.17, 15) is 23.1 Å². The molecule has 0 saturated heterocycles. The normalized spacial score (nSPS) is 14.1. The summed E-state index contributed by atoms with van der Waals surface area (Å²) in [4.78, 5) is 24.9. The minimum Gasteiger partial charge on any atom is -0.382 e. The van der Waals surface area contributed by atoms with Crippen molar-refractivity contribution >= 4 is 21.5 Å². The molecule has 2 aromatic carbocycles. The van der Waals surface area contributed by atoms with Crippen LogP contribution in [-0.2, 0) is 20.4 Å². The second-order valence-electron chi connectivity index (χ2n) is 7.49. The lowest BCUT2D eigenvalue weighted by molar-refractivity contribution is -0.124. The number of benzene rings is 2. The van der Waals surface area contributed by atoms with E-state index in [-0.39, 0.29) is 5.75 Å². The summed E-state index contributed by atoms with van der Waals surface area (Å²) in [5, 5.41) is 12.9. The molecule has 0 aliphatic carbocycles. The average molecular weight is 419 g/mol. The Bertz CT molecular complexity index is 944. The summed E-state index contributed by atoms with van der Waals surface area (Å²) in [5.74, 6) is -2.09. The molecular weight excluding hydrogens is 392 g/mol. The predicted octanol–water partition coefficient (Wildman–Crippen LogP) is 1.07. The van der Waals surface area contributed by atoms with Crippen LogP contribution in [0.3, 0.4) is 0 Å². The van der Waals surface area contributed by atoms with E-state index in [1.165, 1.54) is 13.8 Å². The van der Waals surface area contributed by atoms with Gasteiger partial charge in [0.05, 0.1) is 23.1 Å². The molecule has 2 rings (SSSR count). The topological polar surface area (TPSA) is 127 Å². The van der Waals surface area contributed by atoms with Crippen LogP contribution in [0.1, 0.15) is 29.8 Å². The van der Waals surface area contributed by atoms with Crippen LogP contribution in [0.25, 0.3) is 0 Å². The Kier molecular flexibility index (Phi) is 7.29. The molecule has 8 heteroatoms. The first-order valence-electron chi connectivity index (χ1n) is 9.11. The average Bonchev–Trinajstić information content (AvgIpc) is 2.67. The Labute approximate surface area is 170 Å². The van der Waals surface area contributed by atoms with Crippen molar-refractivity contribution in [3.63, 3.8) is 0 Å². The van der Waals surface area contributed by atoms with Gasteiger partial charge < -0.3 is 16.2 Å². The Morgan fingerprint density at radius 1 is 1.03 bits per heavy atom. The molecule has 29 heavy (non-hydrogen) atoms. The van der Waals surface area contributed by atoms with Gasteiger partial charge in [-0.25, -0.2) is 8.42 Å². The number of hydrogen-bond acceptors (Lipinski definition) is 6. The number of carbonyl (C=O) groups is 2. The number of aliphatic hydroxyl groups is 1. The van der Waals surface area contributed by atoms with Gasteiger partial charge in [-0.2, -0.15) is 0 Å². The van der Waals surface area contributed by atoms with Gasteiger partial charge in [0.15, 0.2) is 15.6 Å². The van der Waals surface area contributed by atoms with Crippen molar-refractivity contribution in [2.45, 2.75) is 37.3 Å². The fourth-order valence-electron chi connectivity index (χ4n) is 2.80. The number of aliphatic hydroxyl groups excluding tert-OH is 1. The van der Waals surface area contributed by atoms with E-state index in [2.05, 4.69) is 5.32 Å². The molecule has 0 radical (unpaired) electrons. The minimum absolute atomic E-state index is 0.229. The second kappa shape index (κ2) is 9.30. The zero-order chi connectivity index (χ0) is 21.7. The molecule has 2 aromatic rings. The zero-order valence-corrected chi connectivity index (χ0v) is 17.2. The molecule has 0 aromatic heterocycles. The van der Waals surface area contributed by atoms with Crippen molar-refractivity contribution in [2.75, 3.05) is 5.75 Å². The highest BCUT2D eigenvalue weighted by atomic mass is 32.2. The lowest BCUT2D eigenvalue weighted by Gasteiger charge is -2.31. The van der Waals surface area contributed by atoms with E-state index in [4.69, 9.17) is 5.73 Å². The van der Waals surface area contributed by atoms with Crippen LogP contribution in [0.5, 0.6) is 0 Å². The van der Waals surface area contributed by atoms with Gasteiger partial charge in [-0.1, -0.05) is 60.7 Å². The van der Waals surface area contributed by atoms with Gasteiger partial charge in [-0.15, -0.1) is 0 Å². The first-order chi connectivity index (χ1) is 13.5. The summed E-state index contributed by atoms with van der Waals surface area (Å²) >= 11 is 0. The molecule has 0 heterocycles. The second-order valence-corrected chi connectivity index (χ2v) is 9.60. The van der Waals surface area contributed by atoms with Gasteiger partial charge in [-0.05, 0) is 19.4 Å². The van der Waals surface area contributed by atoms with Crippen LogP contribution in [-0.4, -0.2) is 48.7 Å². The Balaban J connectivity index is 2.00. The van der Waals surface area contributed by atoms with Crippen LogP contribution < -0.4 is 11.1 Å². The van der Waals surface area contributed by atoms with Crippen LogP contribution in [0.4, 0.5) is 0 Å². The van der Waals surface area contributed by atoms with Gasteiger partial charge in [-0.3, -0.25) is 9.59 Å². The third-order valence-electron chi connectivity index (χ3n) is 4.44. The van der Waals surface area contributed by atoms with Crippen LogP contribution in [0.15, 0.2) is 60.7 Å². The largest absolute Gasteiger partial charge is 0.382 e. The highest BCUT2D eigenvalue weighted by Gasteiger charge is 2.37. The van der Waals surface area contributed by atoms with E-state index in [1.807, 2.05) is 0 Å². The van der Waals surface area contributed by atoms with Gasteiger partial charge in [0, 0.05) is 5.56 Å². The fourth-order valence-corrected chi connectivity index (χ4v) is 4.32. The molecule has 0 aliphatic rings. The SMILES string of the molecule is CC(C)(NC(=O)C(N)CS(=O)(=O)Cc1ccccc1)C(O)C(=O)c1ccccc1. The lowest BCUT2D eigenvalue weighted by atomic mass is 9.90. The first-order valence-corrected chi connectivity index (χ1v) is 10.9. The number of carbonyl (C=O) groups excluding carboxylic acids is 2. The Morgan fingerprint density at radius 3 is 2.10 bits per heavy atom. The summed E-state index contributed by atoms with van der Waals surface area (Å²) in [6, 6.07) is 15.5. The molecular formula is C21H26N2O5S. The molecule has 4 N–H and O–H groups in total. The van der Waals surface area contributed by atoms with Gasteiger partial charge in [0.25, 0.3) is 0 Å². The summed E-state index contributed by atoms with van der Waals surface area (Å²) in [7, 11) is -3.63. The van der Waals surface area contributed by atoms with E-state index in [1.54, 1.807) is 60.7 Å². The molecule has 0 spiro atoms. The molecule has 7 nitrogen and oxygen atoms in total. The highest BCUT2D eigenvalue weighted by molar-refractivity contribution is 7.90. The molecule has 1 amide bonds. The maximum atomic E-state index is 12.4. The van der Waals surface area contributed by atoms with Crippen LogP contribution in [0, 0.1) is 0 Å². The maximum absolute atomic E-state index is 12.4. The number of hydrogen-bond donors (Lipinski definition) is 3. The zero-order valence-electron chi connectivity index (χ0n) is 16.4. The van der Waals surface area contributed by atoms with Gasteiger partial charge >= 0.3 is 0 Å². The Morgan fingerprint density at radius 2 is 1.55 bits per heavy atom. The monoisotopic (exact) mass is 418 g/mol. The molecule has 0 aliphatic heterocycles. The Hall–Kier alpha value is -2.55. The first kappa shape index (κ1) is 22.7. The van der Waals surface area contributed by atoms with Crippen molar-refractivity contribution in [1.29, 1.82) is 0 Å². The van der Waals surface area contributed by atoms with Crippen molar-refractivity contribution in [3.8, 4) is 0 Å². The number of ketones is 1. The third kappa shape index (κ3) is 6.49. The van der Waals surface area contributed by atoms with Crippen LogP contribution in [0.2, 0.25) is 0 Å². The van der Waals surface area contributed by atoms with E-state index in [0.29, 0.717) is 11.1 Å². The fraction of sp³-hybridized carbons (Fsp3) is 0.333. The van der Waals surface area contributed by atoms with Crippen molar-refractivity contribution < 1.29 is 23.1 Å². The van der Waals surface area contributed by atoms with E-state index >= 15 is 0 Å². The number of nitrogens with one attached hydrogen (secondary N) is 1. The number of Topliss-reactive ketones (excluding diaryl/α,β-unsaturated/α-hetero) is 1. The standard InChI is InChI=1S/C21H26N2O5S/c1-21(2,19(25)18(24)16-11-7-4-8-12-16)23-20(26)17(22)14-29(27,28)13-15-9-5-3-6-10-15/h3-12,17,19,25H,13-14,22H2,1-2H3,(H,23,26). The van der Waals surface area contributed by atoms with Crippen molar-refractivity contribution in [3.05, 3.63) is 71.8 Å². The predicted molar refractivity (Wildman–Crippen MR) is 111 cm³/mol. The van der Waals surface area contributed by atoms with Crippen molar-refractivity contribution in [1.82, 2.24) is 5.32 Å². The summed E-state index contributed by atoms with van der Waals surface area (Å²) in [5.41, 5.74) is 5.36. The van der Waals surface area contributed by atoms with Crippen molar-refractivity contribution in [2.24, 2.45) is 5.73 Å². The molecule has 0 bridgehead atoms. The highest BCUT2D eigenvalue weighted by Crippen LogP contribution is 2.16. The lowest BCUT2D eigenvalue weighted by Crippen LogP contribution is -2.59. The minimum atomic E-state index is -3.63. The van der Waals surface area contributed by atoms with Gasteiger partial charge in [0.2, 0.25) is 5.91 Å².